The van der Waals surface area contributed by atoms with E-state index in [9.17, 15) is 9.18 Å². The van der Waals surface area contributed by atoms with E-state index in [-0.39, 0.29) is 53.2 Å². The molecule has 1 aromatic rings. The molecule has 0 aromatic heterocycles. The summed E-state index contributed by atoms with van der Waals surface area (Å²) in [5, 5.41) is 5.73. The van der Waals surface area contributed by atoms with E-state index >= 15 is 0 Å². The molecule has 0 bridgehead atoms. The second kappa shape index (κ2) is 7.67. The van der Waals surface area contributed by atoms with Crippen LogP contribution in [0, 0.1) is 11.2 Å². The minimum Gasteiger partial charge on any atom is -0.347 e. The predicted molar refractivity (Wildman–Crippen MR) is 106 cm³/mol. The lowest BCUT2D eigenvalue weighted by Crippen LogP contribution is -2.72. The first kappa shape index (κ1) is 20.7. The number of halogens is 2. The van der Waals surface area contributed by atoms with Crippen LogP contribution in [0.2, 0.25) is 0 Å². The first-order valence-corrected chi connectivity index (χ1v) is 7.71. The number of amides is 1. The number of anilines is 1. The van der Waals surface area contributed by atoms with Gasteiger partial charge in [0.2, 0.25) is 5.91 Å². The first-order chi connectivity index (χ1) is 10.7. The van der Waals surface area contributed by atoms with Gasteiger partial charge in [0.25, 0.3) is 0 Å². The summed E-state index contributed by atoms with van der Waals surface area (Å²) in [5.41, 5.74) is 0.597. The number of carbonyl (C=O) groups excluding carboxylic acids is 1. The summed E-state index contributed by atoms with van der Waals surface area (Å²) in [6, 6.07) is 5.83. The van der Waals surface area contributed by atoms with Gasteiger partial charge in [0.05, 0.1) is 6.54 Å². The zero-order chi connectivity index (χ0) is 17.3. The van der Waals surface area contributed by atoms with Gasteiger partial charge in [0.15, 0.2) is 5.96 Å². The predicted octanol–water partition coefficient (Wildman–Crippen LogP) is 3.08. The van der Waals surface area contributed by atoms with Gasteiger partial charge >= 0.3 is 0 Å². The summed E-state index contributed by atoms with van der Waals surface area (Å²) in [5.74, 6) is 0.0780. The molecule has 0 spiro atoms. The van der Waals surface area contributed by atoms with Crippen LogP contribution in [0.3, 0.4) is 0 Å². The monoisotopic (exact) mass is 448 g/mol. The third-order valence-corrected chi connectivity index (χ3v) is 4.87. The zero-order valence-corrected chi connectivity index (χ0v) is 17.1. The second-order valence-electron chi connectivity index (χ2n) is 6.99. The molecule has 1 fully saturated rings. The fourth-order valence-electron chi connectivity index (χ4n) is 2.63. The van der Waals surface area contributed by atoms with E-state index in [0.717, 1.165) is 6.54 Å². The van der Waals surface area contributed by atoms with Crippen LogP contribution in [0.5, 0.6) is 0 Å². The number of hydrogen-bond donors (Lipinski definition) is 2. The van der Waals surface area contributed by atoms with Gasteiger partial charge in [-0.25, -0.2) is 4.39 Å². The Hall–Kier alpha value is -1.38. The molecule has 0 aliphatic carbocycles. The van der Waals surface area contributed by atoms with E-state index in [0.29, 0.717) is 11.6 Å². The SMILES string of the molecule is CN=C(NCC(=O)Nc1cccc(F)c1)N1CC(C)(C)C1(C)C.I. The minimum atomic E-state index is -0.379. The molecule has 5 nitrogen and oxygen atoms in total. The number of rotatable bonds is 3. The number of nitrogens with zero attached hydrogens (tertiary/aromatic N) is 2. The third-order valence-electron chi connectivity index (χ3n) is 4.87. The normalized spacial score (nSPS) is 18.2. The van der Waals surface area contributed by atoms with Gasteiger partial charge in [-0.3, -0.25) is 9.79 Å². The Labute approximate surface area is 160 Å². The second-order valence-corrected chi connectivity index (χ2v) is 6.99. The Morgan fingerprint density at radius 2 is 2.00 bits per heavy atom. The molecular weight excluding hydrogens is 422 g/mol. The van der Waals surface area contributed by atoms with E-state index in [1.165, 1.54) is 12.1 Å². The Balaban J connectivity index is 0.00000288. The van der Waals surface area contributed by atoms with Crippen LogP contribution in [0.15, 0.2) is 29.3 Å². The number of carbonyl (C=O) groups is 1. The van der Waals surface area contributed by atoms with Crippen molar-refractivity contribution in [2.45, 2.75) is 33.2 Å². The van der Waals surface area contributed by atoms with Gasteiger partial charge in [-0.15, -0.1) is 24.0 Å². The van der Waals surface area contributed by atoms with Crippen LogP contribution in [0.4, 0.5) is 10.1 Å². The van der Waals surface area contributed by atoms with Crippen LogP contribution in [-0.2, 0) is 4.79 Å². The van der Waals surface area contributed by atoms with Crippen molar-refractivity contribution >= 4 is 41.5 Å². The fourth-order valence-corrected chi connectivity index (χ4v) is 2.63. The number of benzene rings is 1. The average Bonchev–Trinajstić information content (AvgIpc) is 2.46. The highest BCUT2D eigenvalue weighted by molar-refractivity contribution is 14.0. The summed E-state index contributed by atoms with van der Waals surface area (Å²) < 4.78 is 13.1. The van der Waals surface area contributed by atoms with E-state index in [1.54, 1.807) is 19.2 Å². The van der Waals surface area contributed by atoms with Crippen molar-refractivity contribution in [2.24, 2.45) is 10.4 Å². The Kier molecular flexibility index (Phi) is 6.60. The van der Waals surface area contributed by atoms with Gasteiger partial charge < -0.3 is 15.5 Å². The van der Waals surface area contributed by atoms with Crippen LogP contribution in [-0.4, -0.2) is 42.4 Å². The summed E-state index contributed by atoms with van der Waals surface area (Å²) in [7, 11) is 1.70. The van der Waals surface area contributed by atoms with Crippen LogP contribution in [0.1, 0.15) is 27.7 Å². The number of hydrogen-bond acceptors (Lipinski definition) is 2. The minimum absolute atomic E-state index is 0. The van der Waals surface area contributed by atoms with Crippen molar-refractivity contribution in [1.29, 1.82) is 0 Å². The lowest BCUT2D eigenvalue weighted by atomic mass is 9.65. The summed E-state index contributed by atoms with van der Waals surface area (Å²) in [6.07, 6.45) is 0. The van der Waals surface area contributed by atoms with Gasteiger partial charge in [-0.2, -0.15) is 0 Å². The summed E-state index contributed by atoms with van der Waals surface area (Å²) in [6.45, 7) is 9.72. The molecule has 0 radical (unpaired) electrons. The van der Waals surface area contributed by atoms with Crippen LogP contribution < -0.4 is 10.6 Å². The van der Waals surface area contributed by atoms with E-state index in [4.69, 9.17) is 0 Å². The first-order valence-electron chi connectivity index (χ1n) is 7.71. The average molecular weight is 448 g/mol. The van der Waals surface area contributed by atoms with E-state index in [2.05, 4.69) is 48.2 Å². The van der Waals surface area contributed by atoms with Crippen molar-refractivity contribution in [3.05, 3.63) is 30.1 Å². The number of guanidine groups is 1. The summed E-state index contributed by atoms with van der Waals surface area (Å²) in [4.78, 5) is 18.4. The molecule has 1 aliphatic rings. The largest absolute Gasteiger partial charge is 0.347 e. The molecule has 1 saturated heterocycles. The number of likely N-dealkylation sites (tertiary alicyclic amines) is 1. The standard InChI is InChI=1S/C17H25FN4O.HI/c1-16(2)11-22(17(16,3)4)15(19-5)20-10-14(23)21-13-8-6-7-12(18)9-13;/h6-9H,10-11H2,1-5H3,(H,19,20)(H,21,23);1H. The molecular formula is C17H26FIN4O. The van der Waals surface area contributed by atoms with Crippen LogP contribution >= 0.6 is 24.0 Å². The number of aliphatic imine (C=N–C) groups is 1. The van der Waals surface area contributed by atoms with E-state index in [1.807, 2.05) is 0 Å². The lowest BCUT2D eigenvalue weighted by Gasteiger charge is -2.62. The molecule has 2 rings (SSSR count). The van der Waals surface area contributed by atoms with Crippen molar-refractivity contribution in [3.8, 4) is 0 Å². The topological polar surface area (TPSA) is 56.7 Å². The highest BCUT2D eigenvalue weighted by atomic mass is 127. The molecule has 0 saturated carbocycles. The molecule has 1 heterocycles. The third kappa shape index (κ3) is 4.17. The maximum atomic E-state index is 13.1. The smallest absolute Gasteiger partial charge is 0.243 e. The molecule has 24 heavy (non-hydrogen) atoms. The lowest BCUT2D eigenvalue weighted by molar-refractivity contribution is -0.115. The molecule has 2 N–H and O–H groups in total. The van der Waals surface area contributed by atoms with Gasteiger partial charge in [0, 0.05) is 30.2 Å². The van der Waals surface area contributed by atoms with Crippen molar-refractivity contribution in [1.82, 2.24) is 10.2 Å². The van der Waals surface area contributed by atoms with Crippen molar-refractivity contribution in [3.63, 3.8) is 0 Å². The van der Waals surface area contributed by atoms with Crippen molar-refractivity contribution in [2.75, 3.05) is 25.5 Å². The van der Waals surface area contributed by atoms with Gasteiger partial charge in [-0.1, -0.05) is 19.9 Å². The van der Waals surface area contributed by atoms with Gasteiger partial charge in [-0.05, 0) is 32.0 Å². The molecule has 0 unspecified atom stereocenters. The Bertz CT molecular complexity index is 631. The van der Waals surface area contributed by atoms with Gasteiger partial charge in [0.1, 0.15) is 5.82 Å². The Morgan fingerprint density at radius 1 is 1.33 bits per heavy atom. The highest BCUT2D eigenvalue weighted by Crippen LogP contribution is 2.46. The molecule has 134 valence electrons. The van der Waals surface area contributed by atoms with Crippen molar-refractivity contribution < 1.29 is 9.18 Å². The van der Waals surface area contributed by atoms with Crippen LogP contribution in [0.25, 0.3) is 0 Å². The molecule has 1 amide bonds. The zero-order valence-electron chi connectivity index (χ0n) is 14.8. The molecule has 1 aliphatic heterocycles. The Morgan fingerprint density at radius 3 is 2.50 bits per heavy atom. The highest BCUT2D eigenvalue weighted by Gasteiger charge is 2.53. The molecule has 1 aromatic carbocycles. The molecule has 7 heteroatoms. The fraction of sp³-hybridized carbons (Fsp3) is 0.529. The van der Waals surface area contributed by atoms with E-state index < -0.39 is 0 Å². The quantitative estimate of drug-likeness (QED) is 0.425. The molecule has 0 atom stereocenters. The maximum Gasteiger partial charge on any atom is 0.243 e. The number of nitrogens with one attached hydrogen (secondary N) is 2. The maximum absolute atomic E-state index is 13.1. The summed E-state index contributed by atoms with van der Waals surface area (Å²) >= 11 is 0.